The minimum Gasteiger partial charge on any atom is -0.462 e. The van der Waals surface area contributed by atoms with Gasteiger partial charge in [-0.3, -0.25) is 9.59 Å². The largest absolute Gasteiger partial charge is 0.462 e. The predicted octanol–water partition coefficient (Wildman–Crippen LogP) is 13.6. The zero-order valence-corrected chi connectivity index (χ0v) is 36.1. The summed E-state index contributed by atoms with van der Waals surface area (Å²) in [6.07, 6.45) is 46.7. The molecule has 54 heavy (non-hydrogen) atoms. The Kier molecular flexibility index (Phi) is 41.2. The Bertz CT molecular complexity index is 858. The fraction of sp³-hybridized carbons (Fsp3) is 0.875. The van der Waals surface area contributed by atoms with E-state index < -0.39 is 18.2 Å². The molecule has 0 saturated heterocycles. The monoisotopic (exact) mass is 762 g/mol. The number of aliphatic hydroxyl groups excluding tert-OH is 2. The fourth-order valence-electron chi connectivity index (χ4n) is 7.12. The minimum atomic E-state index is -0.786. The van der Waals surface area contributed by atoms with Crippen LogP contribution >= 0.6 is 0 Å². The molecule has 0 aliphatic carbocycles. The minimum absolute atomic E-state index is 0.0680. The van der Waals surface area contributed by atoms with Crippen LogP contribution in [0.1, 0.15) is 245 Å². The van der Waals surface area contributed by atoms with E-state index in [1.807, 2.05) is 0 Å². The molecule has 3 unspecified atom stereocenters. The van der Waals surface area contributed by atoms with E-state index in [1.165, 1.54) is 128 Å². The highest BCUT2D eigenvalue weighted by Gasteiger charge is 2.24. The van der Waals surface area contributed by atoms with Crippen LogP contribution in [0.15, 0.2) is 24.3 Å². The first-order valence-corrected chi connectivity index (χ1v) is 23.6. The Balaban J connectivity index is 4.54. The van der Waals surface area contributed by atoms with Crippen molar-refractivity contribution in [2.45, 2.75) is 264 Å². The second kappa shape index (κ2) is 42.5. The van der Waals surface area contributed by atoms with Gasteiger partial charge in [0.15, 0.2) is 0 Å². The van der Waals surface area contributed by atoms with Gasteiger partial charge in [0.1, 0.15) is 6.10 Å². The van der Waals surface area contributed by atoms with Gasteiger partial charge in [0.05, 0.1) is 25.2 Å². The van der Waals surface area contributed by atoms with Crippen LogP contribution in [-0.2, 0) is 14.3 Å². The van der Waals surface area contributed by atoms with Crippen LogP contribution in [-0.4, -0.2) is 46.9 Å². The summed E-state index contributed by atoms with van der Waals surface area (Å²) < 4.78 is 5.89. The molecule has 0 bridgehead atoms. The summed E-state index contributed by atoms with van der Waals surface area (Å²) in [6, 6.07) is -0.701. The summed E-state index contributed by atoms with van der Waals surface area (Å²) in [5.74, 6) is -0.490. The van der Waals surface area contributed by atoms with Gasteiger partial charge in [-0.2, -0.15) is 0 Å². The number of unbranched alkanes of at least 4 members (excludes halogenated alkanes) is 26. The van der Waals surface area contributed by atoms with Gasteiger partial charge in [0.2, 0.25) is 5.91 Å². The van der Waals surface area contributed by atoms with E-state index in [9.17, 15) is 19.8 Å². The van der Waals surface area contributed by atoms with Crippen molar-refractivity contribution < 1.29 is 24.5 Å². The number of ether oxygens (including phenoxy) is 1. The summed E-state index contributed by atoms with van der Waals surface area (Å²) in [7, 11) is 0. The standard InChI is InChI=1S/C48H91NO5/c1-4-7-10-13-16-19-22-23-24-25-26-29-32-35-38-41-48(53)54-44(39-36-33-30-27-20-17-14-11-8-5-2)42-47(52)49-45(43-50)46(51)40-37-34-31-28-21-18-15-12-9-6-3/h17,19-20,22,44-46,50-51H,4-16,18,21,23-43H2,1-3H3,(H,49,52)/b20-17-,22-19-. The van der Waals surface area contributed by atoms with Gasteiger partial charge >= 0.3 is 5.97 Å². The normalized spacial score (nSPS) is 13.5. The average Bonchev–Trinajstić information content (AvgIpc) is 3.16. The molecule has 0 aromatic rings. The number of carbonyl (C=O) groups is 2. The van der Waals surface area contributed by atoms with Crippen molar-refractivity contribution in [2.75, 3.05) is 6.61 Å². The van der Waals surface area contributed by atoms with Crippen LogP contribution in [0, 0.1) is 0 Å². The van der Waals surface area contributed by atoms with Crippen LogP contribution < -0.4 is 5.32 Å². The van der Waals surface area contributed by atoms with Gasteiger partial charge in [-0.05, 0) is 77.0 Å². The number of aliphatic hydroxyl groups is 2. The number of rotatable bonds is 42. The molecule has 0 aromatic carbocycles. The van der Waals surface area contributed by atoms with Gasteiger partial charge < -0.3 is 20.3 Å². The zero-order valence-electron chi connectivity index (χ0n) is 36.1. The molecule has 3 atom stereocenters. The van der Waals surface area contributed by atoms with Gasteiger partial charge in [-0.25, -0.2) is 0 Å². The molecule has 0 heterocycles. The lowest BCUT2D eigenvalue weighted by molar-refractivity contribution is -0.151. The smallest absolute Gasteiger partial charge is 0.306 e. The number of carbonyl (C=O) groups excluding carboxylic acids is 2. The number of hydrogen-bond acceptors (Lipinski definition) is 5. The lowest BCUT2D eigenvalue weighted by atomic mass is 10.0. The first-order chi connectivity index (χ1) is 26.5. The van der Waals surface area contributed by atoms with Crippen LogP contribution in [0.25, 0.3) is 0 Å². The highest BCUT2D eigenvalue weighted by Crippen LogP contribution is 2.17. The van der Waals surface area contributed by atoms with Crippen LogP contribution in [0.3, 0.4) is 0 Å². The molecule has 0 rings (SSSR count). The maximum absolute atomic E-state index is 13.1. The molecule has 1 amide bonds. The molecule has 0 aromatic heterocycles. The quantitative estimate of drug-likeness (QED) is 0.0327. The van der Waals surface area contributed by atoms with Crippen molar-refractivity contribution in [2.24, 2.45) is 0 Å². The lowest BCUT2D eigenvalue weighted by Gasteiger charge is -2.24. The highest BCUT2D eigenvalue weighted by molar-refractivity contribution is 5.77. The second-order valence-corrected chi connectivity index (χ2v) is 16.2. The predicted molar refractivity (Wildman–Crippen MR) is 232 cm³/mol. The first kappa shape index (κ1) is 52.3. The topological polar surface area (TPSA) is 95.9 Å². The first-order valence-electron chi connectivity index (χ1n) is 23.6. The number of allylic oxidation sites excluding steroid dienone is 4. The summed E-state index contributed by atoms with van der Waals surface area (Å²) in [4.78, 5) is 26.0. The molecule has 6 heteroatoms. The molecule has 0 radical (unpaired) electrons. The second-order valence-electron chi connectivity index (χ2n) is 16.2. The Morgan fingerprint density at radius 3 is 1.39 bits per heavy atom. The molecule has 0 fully saturated rings. The van der Waals surface area contributed by atoms with Gasteiger partial charge in [0.25, 0.3) is 0 Å². The van der Waals surface area contributed by atoms with Gasteiger partial charge in [0, 0.05) is 6.42 Å². The number of hydrogen-bond donors (Lipinski definition) is 3. The van der Waals surface area contributed by atoms with E-state index in [4.69, 9.17) is 4.74 Å². The Morgan fingerprint density at radius 1 is 0.519 bits per heavy atom. The van der Waals surface area contributed by atoms with Crippen molar-refractivity contribution in [1.82, 2.24) is 5.32 Å². The molecule has 3 N–H and O–H groups in total. The summed E-state index contributed by atoms with van der Waals surface area (Å²) in [6.45, 7) is 6.42. The van der Waals surface area contributed by atoms with E-state index >= 15 is 0 Å². The molecule has 0 saturated carbocycles. The van der Waals surface area contributed by atoms with Crippen LogP contribution in [0.4, 0.5) is 0 Å². The highest BCUT2D eigenvalue weighted by atomic mass is 16.5. The number of nitrogens with one attached hydrogen (secondary N) is 1. The fourth-order valence-corrected chi connectivity index (χ4v) is 7.12. The molecule has 318 valence electrons. The van der Waals surface area contributed by atoms with Crippen molar-refractivity contribution in [3.05, 3.63) is 24.3 Å². The molecule has 0 aliphatic heterocycles. The van der Waals surface area contributed by atoms with Crippen LogP contribution in [0.2, 0.25) is 0 Å². The molecule has 6 nitrogen and oxygen atoms in total. The third-order valence-electron chi connectivity index (χ3n) is 10.8. The van der Waals surface area contributed by atoms with E-state index in [2.05, 4.69) is 50.4 Å². The maximum atomic E-state index is 13.1. The van der Waals surface area contributed by atoms with Crippen molar-refractivity contribution in [1.29, 1.82) is 0 Å². The SMILES string of the molecule is CCCCC/C=C\CCCCCC(CC(=O)NC(CO)C(O)CCCCCCCCCCCC)OC(=O)CCCCCCCCC/C=C\CCCCCC. The third-order valence-corrected chi connectivity index (χ3v) is 10.8. The van der Waals surface area contributed by atoms with E-state index in [0.717, 1.165) is 70.6 Å². The Morgan fingerprint density at radius 2 is 0.889 bits per heavy atom. The van der Waals surface area contributed by atoms with Gasteiger partial charge in [-0.1, -0.05) is 180 Å². The summed E-state index contributed by atoms with van der Waals surface area (Å²) in [5.41, 5.74) is 0. The lowest BCUT2D eigenvalue weighted by Crippen LogP contribution is -2.46. The molecular weight excluding hydrogens is 671 g/mol. The van der Waals surface area contributed by atoms with Crippen molar-refractivity contribution >= 4 is 11.9 Å². The number of amides is 1. The van der Waals surface area contributed by atoms with Crippen molar-refractivity contribution in [3.8, 4) is 0 Å². The van der Waals surface area contributed by atoms with E-state index in [0.29, 0.717) is 19.3 Å². The van der Waals surface area contributed by atoms with E-state index in [1.54, 1.807) is 0 Å². The zero-order chi connectivity index (χ0) is 39.6. The number of esters is 1. The Labute approximate surface area is 335 Å². The summed E-state index contributed by atoms with van der Waals surface area (Å²) in [5, 5.41) is 23.6. The maximum Gasteiger partial charge on any atom is 0.306 e. The average molecular weight is 762 g/mol. The molecule has 0 aliphatic rings. The molecule has 0 spiro atoms. The van der Waals surface area contributed by atoms with E-state index in [-0.39, 0.29) is 24.9 Å². The van der Waals surface area contributed by atoms with Crippen molar-refractivity contribution in [3.63, 3.8) is 0 Å². The Hall–Kier alpha value is -1.66. The summed E-state index contributed by atoms with van der Waals surface area (Å²) >= 11 is 0. The molecular formula is C48H91NO5. The van der Waals surface area contributed by atoms with Crippen LogP contribution in [0.5, 0.6) is 0 Å². The third kappa shape index (κ3) is 37.3. The van der Waals surface area contributed by atoms with Gasteiger partial charge in [-0.15, -0.1) is 0 Å².